The van der Waals surface area contributed by atoms with E-state index < -0.39 is 35.2 Å². The standard InChI is InChI=1S/C13H8ClF6N3O/c1-5-2-3-6(14)4-7(5)21-11(24)8-9(12(15,16)17)22-23-10(8)13(18,19)20/h2-4H,1H3,(H,21,24)(H,22,23). The van der Waals surface area contributed by atoms with Crippen molar-refractivity contribution in [3.8, 4) is 0 Å². The Morgan fingerprint density at radius 3 is 2.33 bits per heavy atom. The highest BCUT2D eigenvalue weighted by atomic mass is 35.5. The van der Waals surface area contributed by atoms with E-state index in [1.165, 1.54) is 30.2 Å². The van der Waals surface area contributed by atoms with Crippen molar-refractivity contribution >= 4 is 23.2 Å². The van der Waals surface area contributed by atoms with Crippen LogP contribution in [-0.4, -0.2) is 16.1 Å². The van der Waals surface area contributed by atoms with Gasteiger partial charge in [-0.25, -0.2) is 0 Å². The van der Waals surface area contributed by atoms with E-state index in [9.17, 15) is 31.1 Å². The molecule has 0 aliphatic rings. The lowest BCUT2D eigenvalue weighted by atomic mass is 10.1. The van der Waals surface area contributed by atoms with Crippen molar-refractivity contribution in [2.75, 3.05) is 5.32 Å². The summed E-state index contributed by atoms with van der Waals surface area (Å²) in [4.78, 5) is 12.1. The van der Waals surface area contributed by atoms with Gasteiger partial charge in [0.15, 0.2) is 11.4 Å². The highest BCUT2D eigenvalue weighted by Crippen LogP contribution is 2.38. The van der Waals surface area contributed by atoms with Gasteiger partial charge in [-0.3, -0.25) is 9.89 Å². The van der Waals surface area contributed by atoms with Crippen LogP contribution in [-0.2, 0) is 12.4 Å². The second-order valence-electron chi connectivity index (χ2n) is 4.73. The Balaban J connectivity index is 2.52. The number of rotatable bonds is 2. The summed E-state index contributed by atoms with van der Waals surface area (Å²) in [6.07, 6.45) is -10.5. The molecule has 1 aromatic heterocycles. The molecule has 2 aromatic rings. The summed E-state index contributed by atoms with van der Waals surface area (Å²) < 4.78 is 77.1. The zero-order valence-electron chi connectivity index (χ0n) is 11.7. The van der Waals surface area contributed by atoms with E-state index in [0.717, 1.165) is 0 Å². The lowest BCUT2D eigenvalue weighted by molar-refractivity contribution is -0.143. The Kier molecular flexibility index (Phi) is 4.53. The third kappa shape index (κ3) is 3.64. The number of alkyl halides is 6. The Morgan fingerprint density at radius 1 is 1.17 bits per heavy atom. The normalized spacial score (nSPS) is 12.3. The number of amides is 1. The molecular weight excluding hydrogens is 364 g/mol. The molecule has 0 aliphatic carbocycles. The van der Waals surface area contributed by atoms with Gasteiger partial charge >= 0.3 is 12.4 Å². The summed E-state index contributed by atoms with van der Waals surface area (Å²) in [5.41, 5.74) is -5.08. The number of nitrogens with one attached hydrogen (secondary N) is 2. The minimum atomic E-state index is -5.24. The highest BCUT2D eigenvalue weighted by molar-refractivity contribution is 6.31. The molecule has 130 valence electrons. The SMILES string of the molecule is Cc1ccc(Cl)cc1NC(=O)c1c(C(F)(F)F)n[nH]c1C(F)(F)F. The van der Waals surface area contributed by atoms with Crippen LogP contribution in [0, 0.1) is 6.92 Å². The summed E-state index contributed by atoms with van der Waals surface area (Å²) >= 11 is 5.70. The summed E-state index contributed by atoms with van der Waals surface area (Å²) in [5.74, 6) is -1.60. The third-order valence-electron chi connectivity index (χ3n) is 2.99. The zero-order chi connectivity index (χ0) is 18.3. The van der Waals surface area contributed by atoms with Crippen LogP contribution in [0.2, 0.25) is 5.02 Å². The maximum absolute atomic E-state index is 12.9. The quantitative estimate of drug-likeness (QED) is 0.754. The minimum Gasteiger partial charge on any atom is -0.322 e. The van der Waals surface area contributed by atoms with Crippen molar-refractivity contribution in [2.45, 2.75) is 19.3 Å². The van der Waals surface area contributed by atoms with E-state index in [4.69, 9.17) is 11.6 Å². The van der Waals surface area contributed by atoms with Crippen LogP contribution in [0.25, 0.3) is 0 Å². The zero-order valence-corrected chi connectivity index (χ0v) is 12.5. The number of nitrogens with zero attached hydrogens (tertiary/aromatic N) is 1. The van der Waals surface area contributed by atoms with Crippen LogP contribution < -0.4 is 5.32 Å². The maximum Gasteiger partial charge on any atom is 0.435 e. The van der Waals surface area contributed by atoms with Crippen molar-refractivity contribution in [1.29, 1.82) is 0 Å². The Morgan fingerprint density at radius 2 is 1.79 bits per heavy atom. The Labute approximate surface area is 135 Å². The fourth-order valence-corrected chi connectivity index (χ4v) is 2.06. The summed E-state index contributed by atoms with van der Waals surface area (Å²) in [6.45, 7) is 1.50. The van der Waals surface area contributed by atoms with E-state index >= 15 is 0 Å². The molecule has 0 saturated heterocycles. The van der Waals surface area contributed by atoms with Crippen molar-refractivity contribution < 1.29 is 31.1 Å². The highest BCUT2D eigenvalue weighted by Gasteiger charge is 2.46. The predicted octanol–water partition coefficient (Wildman–Crippen LogP) is 4.66. The van der Waals surface area contributed by atoms with Gasteiger partial charge in [-0.15, -0.1) is 0 Å². The minimum absolute atomic E-state index is 0.0186. The predicted molar refractivity (Wildman–Crippen MR) is 72.7 cm³/mol. The molecule has 11 heteroatoms. The molecule has 2 N–H and O–H groups in total. The van der Waals surface area contributed by atoms with Gasteiger partial charge in [0.05, 0.1) is 0 Å². The Hall–Kier alpha value is -2.23. The number of hydrogen-bond acceptors (Lipinski definition) is 2. The third-order valence-corrected chi connectivity index (χ3v) is 3.23. The average molecular weight is 372 g/mol. The van der Waals surface area contributed by atoms with Crippen LogP contribution in [0.1, 0.15) is 27.3 Å². The van der Waals surface area contributed by atoms with Gasteiger partial charge in [0, 0.05) is 10.7 Å². The van der Waals surface area contributed by atoms with E-state index in [1.807, 2.05) is 5.32 Å². The van der Waals surface area contributed by atoms with Gasteiger partial charge in [0.1, 0.15) is 5.56 Å². The van der Waals surface area contributed by atoms with E-state index in [0.29, 0.717) is 5.56 Å². The topological polar surface area (TPSA) is 57.8 Å². The van der Waals surface area contributed by atoms with Gasteiger partial charge in [-0.2, -0.15) is 31.4 Å². The van der Waals surface area contributed by atoms with Crippen LogP contribution in [0.4, 0.5) is 32.0 Å². The molecule has 4 nitrogen and oxygen atoms in total. The molecule has 2 rings (SSSR count). The van der Waals surface area contributed by atoms with Gasteiger partial charge in [-0.05, 0) is 24.6 Å². The first kappa shape index (κ1) is 18.1. The number of anilines is 1. The molecule has 1 heterocycles. The molecule has 0 bridgehead atoms. The van der Waals surface area contributed by atoms with E-state index in [1.54, 1.807) is 0 Å². The number of aryl methyl sites for hydroxylation is 1. The monoisotopic (exact) mass is 371 g/mol. The molecule has 0 fully saturated rings. The number of aromatic nitrogens is 2. The van der Waals surface area contributed by atoms with Crippen molar-refractivity contribution in [2.24, 2.45) is 0 Å². The molecule has 24 heavy (non-hydrogen) atoms. The van der Waals surface area contributed by atoms with E-state index in [2.05, 4.69) is 5.10 Å². The van der Waals surface area contributed by atoms with Crippen LogP contribution >= 0.6 is 11.6 Å². The first-order valence-corrected chi connectivity index (χ1v) is 6.59. The molecule has 0 radical (unpaired) electrons. The van der Waals surface area contributed by atoms with Crippen molar-refractivity contribution in [3.63, 3.8) is 0 Å². The number of hydrogen-bond donors (Lipinski definition) is 2. The summed E-state index contributed by atoms with van der Waals surface area (Å²) in [6, 6.07) is 4.10. The smallest absolute Gasteiger partial charge is 0.322 e. The van der Waals surface area contributed by atoms with Gasteiger partial charge < -0.3 is 5.32 Å². The molecule has 0 saturated carbocycles. The molecule has 0 aliphatic heterocycles. The number of halogens is 7. The second-order valence-corrected chi connectivity index (χ2v) is 5.17. The average Bonchev–Trinajstić information content (AvgIpc) is 2.87. The number of aromatic amines is 1. The van der Waals surface area contributed by atoms with Crippen molar-refractivity contribution in [1.82, 2.24) is 10.2 Å². The first-order valence-electron chi connectivity index (χ1n) is 6.21. The number of H-pyrrole nitrogens is 1. The van der Waals surface area contributed by atoms with Crippen LogP contribution in [0.5, 0.6) is 0 Å². The van der Waals surface area contributed by atoms with Crippen LogP contribution in [0.3, 0.4) is 0 Å². The lowest BCUT2D eigenvalue weighted by Crippen LogP contribution is -2.22. The fraction of sp³-hybridized carbons (Fsp3) is 0.231. The van der Waals surface area contributed by atoms with E-state index in [-0.39, 0.29) is 10.7 Å². The second kappa shape index (κ2) is 6.00. The molecular formula is C13H8ClF6N3O. The number of carbonyl (C=O) groups excluding carboxylic acids is 1. The molecule has 1 amide bonds. The summed E-state index contributed by atoms with van der Waals surface area (Å²) in [5, 5.41) is 5.97. The molecule has 0 spiro atoms. The summed E-state index contributed by atoms with van der Waals surface area (Å²) in [7, 11) is 0. The van der Waals surface area contributed by atoms with Crippen molar-refractivity contribution in [3.05, 3.63) is 45.7 Å². The largest absolute Gasteiger partial charge is 0.435 e. The number of carbonyl (C=O) groups is 1. The maximum atomic E-state index is 12.9. The molecule has 0 atom stereocenters. The van der Waals surface area contributed by atoms with Gasteiger partial charge in [0.25, 0.3) is 5.91 Å². The van der Waals surface area contributed by atoms with Gasteiger partial charge in [-0.1, -0.05) is 17.7 Å². The molecule has 0 unspecified atom stereocenters. The lowest BCUT2D eigenvalue weighted by Gasteiger charge is -2.12. The fourth-order valence-electron chi connectivity index (χ4n) is 1.89. The van der Waals surface area contributed by atoms with Crippen LogP contribution in [0.15, 0.2) is 18.2 Å². The number of benzene rings is 1. The Bertz CT molecular complexity index is 749. The van der Waals surface area contributed by atoms with Gasteiger partial charge in [0.2, 0.25) is 0 Å². The molecule has 1 aromatic carbocycles. The first-order chi connectivity index (χ1) is 10.9.